The molecule has 150 valence electrons. The average molecular weight is 398 g/mol. The number of hydrogen-bond donors (Lipinski definition) is 2. The van der Waals surface area contributed by atoms with Crippen LogP contribution in [0.4, 0.5) is 11.4 Å². The van der Waals surface area contributed by atoms with Gasteiger partial charge in [-0.25, -0.2) is 0 Å². The van der Waals surface area contributed by atoms with Gasteiger partial charge in [0.1, 0.15) is 11.3 Å². The van der Waals surface area contributed by atoms with Gasteiger partial charge in [0.2, 0.25) is 5.76 Å². The maximum atomic E-state index is 13.0. The Hall–Kier alpha value is -3.86. The lowest BCUT2D eigenvalue weighted by molar-refractivity contribution is 0.0999. The summed E-state index contributed by atoms with van der Waals surface area (Å²) in [5, 5.41) is 6.40. The molecule has 1 aromatic heterocycles. The van der Waals surface area contributed by atoms with Crippen LogP contribution in [0.2, 0.25) is 0 Å². The van der Waals surface area contributed by atoms with E-state index in [9.17, 15) is 9.59 Å². The molecule has 0 bridgehead atoms. The van der Waals surface area contributed by atoms with E-state index in [4.69, 9.17) is 4.42 Å². The highest BCUT2D eigenvalue weighted by Gasteiger charge is 2.23. The molecule has 0 unspecified atom stereocenters. The Bertz CT molecular complexity index is 1250. The first-order valence-corrected chi connectivity index (χ1v) is 9.70. The molecule has 0 fully saturated rings. The minimum absolute atomic E-state index is 0.0647. The van der Waals surface area contributed by atoms with E-state index in [0.717, 1.165) is 16.7 Å². The zero-order valence-electron chi connectivity index (χ0n) is 17.1. The SMILES string of the molecule is Cc1ccc(C(=O)Nc2c(C(=O)Nc3ccc(C)c(C)c3)oc3ccccc23)cc1. The fourth-order valence-corrected chi connectivity index (χ4v) is 3.23. The molecule has 3 aromatic carbocycles. The molecule has 4 rings (SSSR count). The van der Waals surface area contributed by atoms with Crippen molar-refractivity contribution in [2.75, 3.05) is 10.6 Å². The van der Waals surface area contributed by atoms with Crippen LogP contribution in [0.25, 0.3) is 11.0 Å². The first kappa shape index (κ1) is 19.5. The molecule has 2 amide bonds. The number of hydrogen-bond acceptors (Lipinski definition) is 3. The largest absolute Gasteiger partial charge is 0.449 e. The highest BCUT2D eigenvalue weighted by Crippen LogP contribution is 2.32. The highest BCUT2D eigenvalue weighted by atomic mass is 16.3. The van der Waals surface area contributed by atoms with Crippen molar-refractivity contribution in [2.45, 2.75) is 20.8 Å². The van der Waals surface area contributed by atoms with Gasteiger partial charge >= 0.3 is 0 Å². The number of aryl methyl sites for hydroxylation is 3. The van der Waals surface area contributed by atoms with Crippen LogP contribution < -0.4 is 10.6 Å². The van der Waals surface area contributed by atoms with Crippen LogP contribution in [0, 0.1) is 20.8 Å². The van der Waals surface area contributed by atoms with E-state index in [-0.39, 0.29) is 11.7 Å². The number of para-hydroxylation sites is 1. The normalized spacial score (nSPS) is 10.8. The van der Waals surface area contributed by atoms with Gasteiger partial charge in [-0.2, -0.15) is 0 Å². The van der Waals surface area contributed by atoms with Gasteiger partial charge < -0.3 is 15.1 Å². The Labute approximate surface area is 174 Å². The zero-order valence-corrected chi connectivity index (χ0v) is 17.1. The molecule has 4 aromatic rings. The second kappa shape index (κ2) is 7.87. The van der Waals surface area contributed by atoms with E-state index in [1.165, 1.54) is 0 Å². The van der Waals surface area contributed by atoms with Crippen LogP contribution in [-0.2, 0) is 0 Å². The van der Waals surface area contributed by atoms with Gasteiger partial charge in [0, 0.05) is 16.6 Å². The van der Waals surface area contributed by atoms with Crippen LogP contribution in [0.3, 0.4) is 0 Å². The quantitative estimate of drug-likeness (QED) is 0.452. The summed E-state index contributed by atoms with van der Waals surface area (Å²) in [7, 11) is 0. The predicted octanol–water partition coefficient (Wildman–Crippen LogP) is 5.86. The summed E-state index contributed by atoms with van der Waals surface area (Å²) < 4.78 is 5.82. The molecule has 0 aliphatic heterocycles. The Morgan fingerprint density at radius 1 is 0.767 bits per heavy atom. The molecular formula is C25H22N2O3. The summed E-state index contributed by atoms with van der Waals surface area (Å²) in [6.07, 6.45) is 0. The van der Waals surface area contributed by atoms with Crippen molar-refractivity contribution in [1.82, 2.24) is 0 Å². The second-order valence-corrected chi connectivity index (χ2v) is 7.38. The number of nitrogens with one attached hydrogen (secondary N) is 2. The molecular weight excluding hydrogens is 376 g/mol. The number of benzene rings is 3. The molecule has 0 aliphatic carbocycles. The minimum Gasteiger partial charge on any atom is -0.449 e. The van der Waals surface area contributed by atoms with E-state index < -0.39 is 5.91 Å². The van der Waals surface area contributed by atoms with Crippen molar-refractivity contribution in [3.63, 3.8) is 0 Å². The molecule has 2 N–H and O–H groups in total. The van der Waals surface area contributed by atoms with Crippen LogP contribution >= 0.6 is 0 Å². The van der Waals surface area contributed by atoms with Crippen molar-refractivity contribution in [1.29, 1.82) is 0 Å². The standard InChI is InChI=1S/C25H22N2O3/c1-15-8-11-18(12-9-15)24(28)27-22-20-6-4-5-7-21(20)30-23(22)25(29)26-19-13-10-16(2)17(3)14-19/h4-14H,1-3H3,(H,26,29)(H,27,28). The van der Waals surface area contributed by atoms with Crippen molar-refractivity contribution in [3.05, 3.63) is 94.7 Å². The van der Waals surface area contributed by atoms with Gasteiger partial charge in [0.15, 0.2) is 0 Å². The molecule has 5 heteroatoms. The van der Waals surface area contributed by atoms with Crippen LogP contribution in [-0.4, -0.2) is 11.8 Å². The molecule has 0 saturated carbocycles. The van der Waals surface area contributed by atoms with E-state index in [1.54, 1.807) is 18.2 Å². The summed E-state index contributed by atoms with van der Waals surface area (Å²) in [6, 6.07) is 20.2. The maximum Gasteiger partial charge on any atom is 0.293 e. The summed E-state index contributed by atoms with van der Waals surface area (Å²) in [4.78, 5) is 25.8. The Morgan fingerprint density at radius 2 is 1.50 bits per heavy atom. The molecule has 30 heavy (non-hydrogen) atoms. The van der Waals surface area contributed by atoms with E-state index >= 15 is 0 Å². The molecule has 0 radical (unpaired) electrons. The third-order valence-electron chi connectivity index (χ3n) is 5.12. The van der Waals surface area contributed by atoms with Crippen molar-refractivity contribution in [3.8, 4) is 0 Å². The van der Waals surface area contributed by atoms with E-state index in [1.807, 2.05) is 69.3 Å². The number of furan rings is 1. The van der Waals surface area contributed by atoms with Gasteiger partial charge in [-0.1, -0.05) is 35.9 Å². The topological polar surface area (TPSA) is 71.3 Å². The van der Waals surface area contributed by atoms with Gasteiger partial charge in [-0.3, -0.25) is 9.59 Å². The van der Waals surface area contributed by atoms with Gasteiger partial charge in [0.05, 0.1) is 0 Å². The lowest BCUT2D eigenvalue weighted by atomic mass is 10.1. The number of fused-ring (bicyclic) bond motifs is 1. The van der Waals surface area contributed by atoms with Gasteiger partial charge in [-0.15, -0.1) is 0 Å². The first-order valence-electron chi connectivity index (χ1n) is 9.70. The molecule has 0 atom stereocenters. The molecule has 1 heterocycles. The van der Waals surface area contributed by atoms with Crippen molar-refractivity contribution < 1.29 is 14.0 Å². The lowest BCUT2D eigenvalue weighted by Gasteiger charge is -2.09. The molecule has 0 spiro atoms. The fraction of sp³-hybridized carbons (Fsp3) is 0.120. The van der Waals surface area contributed by atoms with Crippen LogP contribution in [0.1, 0.15) is 37.6 Å². The lowest BCUT2D eigenvalue weighted by Crippen LogP contribution is -2.17. The zero-order chi connectivity index (χ0) is 21.3. The number of carbonyl (C=O) groups is 2. The Morgan fingerprint density at radius 3 is 2.23 bits per heavy atom. The van der Waals surface area contributed by atoms with Crippen LogP contribution in [0.5, 0.6) is 0 Å². The Balaban J connectivity index is 1.69. The monoisotopic (exact) mass is 398 g/mol. The summed E-state index contributed by atoms with van der Waals surface area (Å²) in [5.74, 6) is -0.662. The molecule has 5 nitrogen and oxygen atoms in total. The van der Waals surface area contributed by atoms with Crippen LogP contribution in [0.15, 0.2) is 71.1 Å². The number of rotatable bonds is 4. The summed E-state index contributed by atoms with van der Waals surface area (Å²) in [5.41, 5.74) is 5.34. The minimum atomic E-state index is -0.423. The average Bonchev–Trinajstić information content (AvgIpc) is 3.10. The predicted molar refractivity (Wildman–Crippen MR) is 119 cm³/mol. The smallest absolute Gasteiger partial charge is 0.293 e. The first-order chi connectivity index (χ1) is 14.4. The third kappa shape index (κ3) is 3.82. The van der Waals surface area contributed by atoms with Crippen molar-refractivity contribution >= 4 is 34.2 Å². The number of amides is 2. The van der Waals surface area contributed by atoms with Gasteiger partial charge in [0.25, 0.3) is 11.8 Å². The fourth-order valence-electron chi connectivity index (χ4n) is 3.23. The van der Waals surface area contributed by atoms with Crippen molar-refractivity contribution in [2.24, 2.45) is 0 Å². The Kier molecular flexibility index (Phi) is 5.11. The number of anilines is 2. The summed E-state index contributed by atoms with van der Waals surface area (Å²) >= 11 is 0. The van der Waals surface area contributed by atoms with E-state index in [2.05, 4.69) is 10.6 Å². The second-order valence-electron chi connectivity index (χ2n) is 7.38. The number of carbonyl (C=O) groups excluding carboxylic acids is 2. The molecule has 0 aliphatic rings. The molecule has 0 saturated heterocycles. The highest BCUT2D eigenvalue weighted by molar-refractivity contribution is 6.16. The summed E-state index contributed by atoms with van der Waals surface area (Å²) in [6.45, 7) is 5.96. The van der Waals surface area contributed by atoms with Gasteiger partial charge in [-0.05, 0) is 68.3 Å². The maximum absolute atomic E-state index is 13.0. The van der Waals surface area contributed by atoms with E-state index in [0.29, 0.717) is 27.9 Å². The third-order valence-corrected chi connectivity index (χ3v) is 5.12.